The minimum absolute atomic E-state index is 0.0162. The highest BCUT2D eigenvalue weighted by Gasteiger charge is 2.48. The standard InChI is InChI=1S/C22H28O3/c1-4-6-8-14(3)18(23)12-11-16-19(24)13-20-21(16)17-10-7-9-15(5-2)22(17)25-20/h7,9-12,14,16,18-21,23-24H,5,8,13H2,1-3H3/b12-11+/t14-,16+,18-,19-,20+,21?/m0/s1. The lowest BCUT2D eigenvalue weighted by atomic mass is 9.86. The molecule has 1 fully saturated rings. The zero-order valence-electron chi connectivity index (χ0n) is 15.3. The average Bonchev–Trinajstić information content (AvgIpc) is 3.12. The summed E-state index contributed by atoms with van der Waals surface area (Å²) in [5, 5.41) is 20.8. The van der Waals surface area contributed by atoms with Crippen LogP contribution in [0.25, 0.3) is 0 Å². The predicted molar refractivity (Wildman–Crippen MR) is 99.5 cm³/mol. The zero-order chi connectivity index (χ0) is 18.0. The number of aliphatic hydroxyl groups excluding tert-OH is 2. The summed E-state index contributed by atoms with van der Waals surface area (Å²) in [4.78, 5) is 0. The number of fused-ring (bicyclic) bond motifs is 3. The van der Waals surface area contributed by atoms with Gasteiger partial charge in [-0.05, 0) is 24.8 Å². The lowest BCUT2D eigenvalue weighted by molar-refractivity contribution is 0.134. The molecule has 1 aliphatic carbocycles. The smallest absolute Gasteiger partial charge is 0.126 e. The zero-order valence-corrected chi connectivity index (χ0v) is 15.3. The summed E-state index contributed by atoms with van der Waals surface area (Å²) < 4.78 is 6.19. The molecule has 0 aromatic heterocycles. The monoisotopic (exact) mass is 340 g/mol. The Hall–Kier alpha value is -1.76. The molecule has 0 amide bonds. The van der Waals surface area contributed by atoms with Gasteiger partial charge in [-0.25, -0.2) is 0 Å². The van der Waals surface area contributed by atoms with E-state index in [-0.39, 0.29) is 23.9 Å². The molecular formula is C22H28O3. The molecule has 1 aliphatic heterocycles. The summed E-state index contributed by atoms with van der Waals surface area (Å²) in [6.07, 6.45) is 5.15. The molecule has 3 nitrogen and oxygen atoms in total. The SMILES string of the molecule is CC#CC[C@H](C)[C@@H](O)/C=C/[C@H]1C2c3cccc(CC)c3O[C@@H]2C[C@@H]1O. The molecular weight excluding hydrogens is 312 g/mol. The maximum atomic E-state index is 10.5. The number of aryl methyl sites for hydroxylation is 1. The Morgan fingerprint density at radius 3 is 2.92 bits per heavy atom. The third-order valence-corrected chi connectivity index (χ3v) is 5.58. The number of ether oxygens (including phenoxy) is 1. The van der Waals surface area contributed by atoms with Crippen molar-refractivity contribution >= 4 is 0 Å². The van der Waals surface area contributed by atoms with Crippen molar-refractivity contribution in [3.05, 3.63) is 41.5 Å². The van der Waals surface area contributed by atoms with E-state index in [4.69, 9.17) is 4.74 Å². The fourth-order valence-corrected chi connectivity index (χ4v) is 4.06. The second-order valence-corrected chi connectivity index (χ2v) is 7.24. The van der Waals surface area contributed by atoms with Crippen LogP contribution in [0.2, 0.25) is 0 Å². The van der Waals surface area contributed by atoms with Crippen molar-refractivity contribution in [3.8, 4) is 17.6 Å². The Morgan fingerprint density at radius 2 is 2.20 bits per heavy atom. The van der Waals surface area contributed by atoms with Crippen LogP contribution in [0.1, 0.15) is 50.7 Å². The molecule has 0 saturated heterocycles. The molecule has 1 heterocycles. The molecule has 0 spiro atoms. The van der Waals surface area contributed by atoms with Crippen LogP contribution < -0.4 is 4.74 Å². The molecule has 2 N–H and O–H groups in total. The number of para-hydroxylation sites is 1. The van der Waals surface area contributed by atoms with Gasteiger partial charge in [-0.15, -0.1) is 11.8 Å². The first-order valence-corrected chi connectivity index (χ1v) is 9.29. The molecule has 1 aromatic carbocycles. The Bertz CT molecular complexity index is 697. The molecule has 25 heavy (non-hydrogen) atoms. The van der Waals surface area contributed by atoms with Crippen molar-refractivity contribution in [1.82, 2.24) is 0 Å². The maximum absolute atomic E-state index is 10.5. The van der Waals surface area contributed by atoms with E-state index in [9.17, 15) is 10.2 Å². The number of benzene rings is 1. The Morgan fingerprint density at radius 1 is 1.40 bits per heavy atom. The number of hydrogen-bond acceptors (Lipinski definition) is 3. The van der Waals surface area contributed by atoms with Crippen LogP contribution in [-0.4, -0.2) is 28.5 Å². The van der Waals surface area contributed by atoms with Crippen molar-refractivity contribution in [2.45, 2.75) is 64.3 Å². The minimum atomic E-state index is -0.545. The molecule has 6 atom stereocenters. The van der Waals surface area contributed by atoms with Crippen LogP contribution in [0.15, 0.2) is 30.4 Å². The van der Waals surface area contributed by atoms with E-state index >= 15 is 0 Å². The molecule has 0 radical (unpaired) electrons. The van der Waals surface area contributed by atoms with Gasteiger partial charge < -0.3 is 14.9 Å². The number of rotatable bonds is 5. The fraction of sp³-hybridized carbons (Fsp3) is 0.545. The summed E-state index contributed by atoms with van der Waals surface area (Å²) >= 11 is 0. The molecule has 3 rings (SSSR count). The summed E-state index contributed by atoms with van der Waals surface area (Å²) in [6, 6.07) is 6.31. The van der Waals surface area contributed by atoms with Gasteiger partial charge in [0.25, 0.3) is 0 Å². The highest BCUT2D eigenvalue weighted by atomic mass is 16.5. The van der Waals surface area contributed by atoms with E-state index in [0.717, 1.165) is 12.2 Å². The van der Waals surface area contributed by atoms with Crippen LogP contribution in [0.3, 0.4) is 0 Å². The third-order valence-electron chi connectivity index (χ3n) is 5.58. The Labute approximate surface area is 150 Å². The van der Waals surface area contributed by atoms with Crippen LogP contribution in [0.5, 0.6) is 5.75 Å². The van der Waals surface area contributed by atoms with Gasteiger partial charge >= 0.3 is 0 Å². The van der Waals surface area contributed by atoms with Crippen molar-refractivity contribution in [3.63, 3.8) is 0 Å². The molecule has 2 aliphatic rings. The second-order valence-electron chi connectivity index (χ2n) is 7.24. The van der Waals surface area contributed by atoms with Gasteiger partial charge in [-0.2, -0.15) is 0 Å². The van der Waals surface area contributed by atoms with E-state index < -0.39 is 12.2 Å². The third kappa shape index (κ3) is 3.47. The van der Waals surface area contributed by atoms with E-state index in [1.165, 1.54) is 11.1 Å². The molecule has 1 unspecified atom stereocenters. The van der Waals surface area contributed by atoms with E-state index in [0.29, 0.717) is 12.8 Å². The first-order chi connectivity index (χ1) is 12.1. The Balaban J connectivity index is 1.79. The largest absolute Gasteiger partial charge is 0.489 e. The summed E-state index contributed by atoms with van der Waals surface area (Å²) in [5.74, 6) is 7.13. The van der Waals surface area contributed by atoms with Crippen molar-refractivity contribution in [1.29, 1.82) is 0 Å². The quantitative estimate of drug-likeness (QED) is 0.638. The van der Waals surface area contributed by atoms with Crippen LogP contribution in [0.4, 0.5) is 0 Å². The topological polar surface area (TPSA) is 49.7 Å². The maximum Gasteiger partial charge on any atom is 0.126 e. The number of hydrogen-bond donors (Lipinski definition) is 2. The molecule has 1 saturated carbocycles. The van der Waals surface area contributed by atoms with Crippen LogP contribution in [0, 0.1) is 23.7 Å². The van der Waals surface area contributed by atoms with Gasteiger partial charge in [0.1, 0.15) is 11.9 Å². The van der Waals surface area contributed by atoms with Gasteiger partial charge in [0.2, 0.25) is 0 Å². The van der Waals surface area contributed by atoms with Crippen molar-refractivity contribution in [2.75, 3.05) is 0 Å². The fourth-order valence-electron chi connectivity index (χ4n) is 4.06. The predicted octanol–water partition coefficient (Wildman–Crippen LogP) is 3.44. The molecule has 1 aromatic rings. The van der Waals surface area contributed by atoms with Crippen LogP contribution in [-0.2, 0) is 6.42 Å². The van der Waals surface area contributed by atoms with Crippen molar-refractivity contribution < 1.29 is 14.9 Å². The highest BCUT2D eigenvalue weighted by molar-refractivity contribution is 5.49. The highest BCUT2D eigenvalue weighted by Crippen LogP contribution is 2.51. The van der Waals surface area contributed by atoms with Gasteiger partial charge in [0.05, 0.1) is 12.2 Å². The van der Waals surface area contributed by atoms with Gasteiger partial charge in [0.15, 0.2) is 0 Å². The minimum Gasteiger partial charge on any atom is -0.489 e. The molecule has 0 bridgehead atoms. The van der Waals surface area contributed by atoms with E-state index in [2.05, 4.69) is 37.0 Å². The van der Waals surface area contributed by atoms with Gasteiger partial charge in [-0.1, -0.05) is 44.2 Å². The molecule has 3 heteroatoms. The van der Waals surface area contributed by atoms with Gasteiger partial charge in [-0.3, -0.25) is 0 Å². The normalized spacial score (nSPS) is 29.5. The summed E-state index contributed by atoms with van der Waals surface area (Å²) in [7, 11) is 0. The lowest BCUT2D eigenvalue weighted by Gasteiger charge is -2.19. The second kappa shape index (κ2) is 7.64. The van der Waals surface area contributed by atoms with E-state index in [1.807, 2.05) is 26.0 Å². The molecule has 134 valence electrons. The van der Waals surface area contributed by atoms with Crippen molar-refractivity contribution in [2.24, 2.45) is 11.8 Å². The summed E-state index contributed by atoms with van der Waals surface area (Å²) in [6.45, 7) is 5.94. The van der Waals surface area contributed by atoms with E-state index in [1.54, 1.807) is 0 Å². The van der Waals surface area contributed by atoms with Gasteiger partial charge in [0, 0.05) is 30.2 Å². The van der Waals surface area contributed by atoms with Crippen LogP contribution >= 0.6 is 0 Å². The first-order valence-electron chi connectivity index (χ1n) is 9.29. The summed E-state index contributed by atoms with van der Waals surface area (Å²) in [5.41, 5.74) is 2.44. The Kier molecular flexibility index (Phi) is 5.51. The average molecular weight is 340 g/mol. The first kappa shape index (κ1) is 18.0. The lowest BCUT2D eigenvalue weighted by Crippen LogP contribution is -2.19. The number of aliphatic hydroxyl groups is 2.